The molecular weight excluding hydrogens is 252 g/mol. The number of ketones is 1. The largest absolute Gasteiger partial charge is 0.326 e. The van der Waals surface area contributed by atoms with Gasteiger partial charge in [0.1, 0.15) is 0 Å². The highest BCUT2D eigenvalue weighted by molar-refractivity contribution is 6.06. The number of nitrogens with zero attached hydrogens (tertiary/aromatic N) is 1. The Bertz CT molecular complexity index is 631. The van der Waals surface area contributed by atoms with Crippen molar-refractivity contribution in [3.05, 3.63) is 66.0 Å². The highest BCUT2D eigenvalue weighted by Gasteiger charge is 2.00. The number of aromatic nitrogens is 1. The zero-order valence-electron chi connectivity index (χ0n) is 11.0. The van der Waals surface area contributed by atoms with Crippen LogP contribution in [0.3, 0.4) is 0 Å². The van der Waals surface area contributed by atoms with Crippen molar-refractivity contribution in [3.63, 3.8) is 0 Å². The summed E-state index contributed by atoms with van der Waals surface area (Å²) in [5, 5.41) is 2.68. The molecule has 0 aliphatic heterocycles. The van der Waals surface area contributed by atoms with Gasteiger partial charge in [0.25, 0.3) is 0 Å². The molecule has 0 fully saturated rings. The fraction of sp³-hybridized carbons (Fsp3) is 0.0625. The second kappa shape index (κ2) is 6.43. The summed E-state index contributed by atoms with van der Waals surface area (Å²) >= 11 is 0. The first-order chi connectivity index (χ1) is 9.65. The van der Waals surface area contributed by atoms with E-state index >= 15 is 0 Å². The van der Waals surface area contributed by atoms with E-state index in [4.69, 9.17) is 0 Å². The number of carbonyl (C=O) groups is 2. The van der Waals surface area contributed by atoms with Crippen LogP contribution >= 0.6 is 0 Å². The Morgan fingerprint density at radius 3 is 2.50 bits per heavy atom. The van der Waals surface area contributed by atoms with Crippen molar-refractivity contribution in [1.29, 1.82) is 0 Å². The molecule has 4 nitrogen and oxygen atoms in total. The van der Waals surface area contributed by atoms with Crippen molar-refractivity contribution in [2.75, 3.05) is 5.32 Å². The average molecular weight is 266 g/mol. The molecule has 0 saturated heterocycles. The number of nitrogens with one attached hydrogen (secondary N) is 1. The summed E-state index contributed by atoms with van der Waals surface area (Å²) in [5.74, 6) is -0.205. The van der Waals surface area contributed by atoms with Crippen LogP contribution in [0, 0.1) is 0 Å². The fourth-order valence-corrected chi connectivity index (χ4v) is 1.66. The second-order valence-corrected chi connectivity index (χ2v) is 4.24. The molecule has 0 bridgehead atoms. The van der Waals surface area contributed by atoms with E-state index in [0.29, 0.717) is 5.56 Å². The van der Waals surface area contributed by atoms with Gasteiger partial charge in [-0.1, -0.05) is 18.2 Å². The van der Waals surface area contributed by atoms with Crippen molar-refractivity contribution in [1.82, 2.24) is 4.98 Å². The van der Waals surface area contributed by atoms with Crippen molar-refractivity contribution in [2.24, 2.45) is 0 Å². The van der Waals surface area contributed by atoms with Gasteiger partial charge in [-0.25, -0.2) is 0 Å². The molecule has 1 amide bonds. The van der Waals surface area contributed by atoms with Crippen molar-refractivity contribution < 1.29 is 9.59 Å². The molecule has 1 heterocycles. The Hall–Kier alpha value is -2.75. The standard InChI is InChI=1S/C16H14N2O2/c1-12(19)18-15-7-4-13(5-8-15)6-9-16(20)14-3-2-10-17-11-14/h2-11H,1H3,(H,18,19)/b9-6-. The van der Waals surface area contributed by atoms with Gasteiger partial charge in [0.05, 0.1) is 0 Å². The number of amides is 1. The van der Waals surface area contributed by atoms with Crippen molar-refractivity contribution >= 4 is 23.5 Å². The highest BCUT2D eigenvalue weighted by Crippen LogP contribution is 2.11. The van der Waals surface area contributed by atoms with Gasteiger partial charge >= 0.3 is 0 Å². The van der Waals surface area contributed by atoms with E-state index in [9.17, 15) is 9.59 Å². The van der Waals surface area contributed by atoms with E-state index in [0.717, 1.165) is 11.3 Å². The molecule has 100 valence electrons. The highest BCUT2D eigenvalue weighted by atomic mass is 16.1. The van der Waals surface area contributed by atoms with Crippen LogP contribution in [0.15, 0.2) is 54.9 Å². The lowest BCUT2D eigenvalue weighted by Crippen LogP contribution is -2.05. The molecule has 4 heteroatoms. The molecule has 2 rings (SSSR count). The van der Waals surface area contributed by atoms with Crippen LogP contribution in [0.1, 0.15) is 22.8 Å². The number of rotatable bonds is 4. The number of benzene rings is 1. The van der Waals surface area contributed by atoms with Gasteiger partial charge < -0.3 is 5.32 Å². The Labute approximate surface area is 117 Å². The third-order valence-corrected chi connectivity index (χ3v) is 2.60. The molecule has 1 N–H and O–H groups in total. The minimum atomic E-state index is -0.111. The first-order valence-corrected chi connectivity index (χ1v) is 6.15. The van der Waals surface area contributed by atoms with Crippen LogP contribution in [0.25, 0.3) is 6.08 Å². The fourth-order valence-electron chi connectivity index (χ4n) is 1.66. The van der Waals surface area contributed by atoms with Crippen molar-refractivity contribution in [2.45, 2.75) is 6.92 Å². The molecule has 0 spiro atoms. The van der Waals surface area contributed by atoms with Crippen LogP contribution in [0.2, 0.25) is 0 Å². The molecule has 1 aromatic carbocycles. The molecule has 0 aliphatic rings. The maximum Gasteiger partial charge on any atom is 0.221 e. The molecule has 2 aromatic rings. The number of hydrogen-bond acceptors (Lipinski definition) is 3. The van der Waals surface area contributed by atoms with Gasteiger partial charge in [-0.15, -0.1) is 0 Å². The van der Waals surface area contributed by atoms with Gasteiger partial charge in [0, 0.05) is 30.6 Å². The number of pyridine rings is 1. The normalized spacial score (nSPS) is 10.4. The van der Waals surface area contributed by atoms with E-state index in [1.807, 2.05) is 12.1 Å². The lowest BCUT2D eigenvalue weighted by Gasteiger charge is -2.01. The second-order valence-electron chi connectivity index (χ2n) is 4.24. The Morgan fingerprint density at radius 2 is 1.90 bits per heavy atom. The molecule has 0 aliphatic carbocycles. The number of carbonyl (C=O) groups excluding carboxylic acids is 2. The Balaban J connectivity index is 2.04. The van der Waals surface area contributed by atoms with Gasteiger partial charge in [-0.05, 0) is 35.9 Å². The zero-order chi connectivity index (χ0) is 14.4. The smallest absolute Gasteiger partial charge is 0.221 e. The third-order valence-electron chi connectivity index (χ3n) is 2.60. The molecule has 0 atom stereocenters. The van der Waals surface area contributed by atoms with Crippen LogP contribution < -0.4 is 5.32 Å². The van der Waals surface area contributed by atoms with Crippen LogP contribution in [-0.2, 0) is 4.79 Å². The lowest BCUT2D eigenvalue weighted by molar-refractivity contribution is -0.114. The Morgan fingerprint density at radius 1 is 1.15 bits per heavy atom. The molecule has 0 unspecified atom stereocenters. The van der Waals surface area contributed by atoms with Gasteiger partial charge in [0.15, 0.2) is 5.78 Å². The SMILES string of the molecule is CC(=O)Nc1ccc(/C=C\C(=O)c2cccnc2)cc1. The van der Waals surface area contributed by atoms with E-state index in [1.165, 1.54) is 19.2 Å². The molecule has 1 aromatic heterocycles. The first kappa shape index (κ1) is 13.7. The maximum absolute atomic E-state index is 11.8. The van der Waals surface area contributed by atoms with E-state index < -0.39 is 0 Å². The molecular formula is C16H14N2O2. The third kappa shape index (κ3) is 3.88. The molecule has 20 heavy (non-hydrogen) atoms. The average Bonchev–Trinajstić information content (AvgIpc) is 2.46. The topological polar surface area (TPSA) is 59.1 Å². The summed E-state index contributed by atoms with van der Waals surface area (Å²) in [6.07, 6.45) is 6.39. The van der Waals surface area contributed by atoms with Gasteiger partial charge in [-0.2, -0.15) is 0 Å². The summed E-state index contributed by atoms with van der Waals surface area (Å²) in [6.45, 7) is 1.46. The lowest BCUT2D eigenvalue weighted by atomic mass is 10.1. The van der Waals surface area contributed by atoms with Gasteiger partial charge in [0.2, 0.25) is 5.91 Å². The minimum Gasteiger partial charge on any atom is -0.326 e. The van der Waals surface area contributed by atoms with E-state index in [1.54, 1.807) is 36.5 Å². The van der Waals surface area contributed by atoms with Crippen LogP contribution in [0.4, 0.5) is 5.69 Å². The summed E-state index contributed by atoms with van der Waals surface area (Å²) in [6, 6.07) is 10.7. The predicted octanol–water partition coefficient (Wildman–Crippen LogP) is 2.94. The summed E-state index contributed by atoms with van der Waals surface area (Å²) in [5.41, 5.74) is 2.17. The van der Waals surface area contributed by atoms with Crippen molar-refractivity contribution in [3.8, 4) is 0 Å². The molecule has 0 saturated carbocycles. The number of anilines is 1. The quantitative estimate of drug-likeness (QED) is 0.683. The molecule has 0 radical (unpaired) electrons. The summed E-state index contributed by atoms with van der Waals surface area (Å²) in [7, 11) is 0. The van der Waals surface area contributed by atoms with E-state index in [2.05, 4.69) is 10.3 Å². The van der Waals surface area contributed by atoms with Crippen LogP contribution in [-0.4, -0.2) is 16.7 Å². The predicted molar refractivity (Wildman–Crippen MR) is 78.3 cm³/mol. The van der Waals surface area contributed by atoms with E-state index in [-0.39, 0.29) is 11.7 Å². The number of allylic oxidation sites excluding steroid dienone is 1. The zero-order valence-corrected chi connectivity index (χ0v) is 11.0. The monoisotopic (exact) mass is 266 g/mol. The minimum absolute atomic E-state index is 0.0935. The Kier molecular flexibility index (Phi) is 4.39. The van der Waals surface area contributed by atoms with Crippen LogP contribution in [0.5, 0.6) is 0 Å². The maximum atomic E-state index is 11.8. The first-order valence-electron chi connectivity index (χ1n) is 6.15. The summed E-state index contributed by atoms with van der Waals surface area (Å²) in [4.78, 5) is 26.6. The van der Waals surface area contributed by atoms with Gasteiger partial charge in [-0.3, -0.25) is 14.6 Å². The summed E-state index contributed by atoms with van der Waals surface area (Å²) < 4.78 is 0. The number of hydrogen-bond donors (Lipinski definition) is 1.